The van der Waals surface area contributed by atoms with Gasteiger partial charge >= 0.3 is 0 Å². The highest BCUT2D eigenvalue weighted by atomic mass is 35.5. The van der Waals surface area contributed by atoms with Crippen molar-refractivity contribution in [1.29, 1.82) is 0 Å². The maximum atomic E-state index is 11.5. The standard InChI is InChI=1S/C14H20Cl2N2O3/c1-3-18(2)14(20)8-17-7-11(19)9-21-13-5-4-10(15)6-12(13)16/h4-6,11,17,19H,3,7-9H2,1-2H3. The van der Waals surface area contributed by atoms with Crippen LogP contribution in [0.3, 0.4) is 0 Å². The van der Waals surface area contributed by atoms with Crippen molar-refractivity contribution < 1.29 is 14.6 Å². The van der Waals surface area contributed by atoms with E-state index < -0.39 is 6.10 Å². The third-order valence-electron chi connectivity index (χ3n) is 2.88. The number of nitrogens with zero attached hydrogens (tertiary/aromatic N) is 1. The second-order valence-electron chi connectivity index (χ2n) is 4.58. The quantitative estimate of drug-likeness (QED) is 0.761. The van der Waals surface area contributed by atoms with Crippen LogP contribution in [0.5, 0.6) is 5.75 Å². The van der Waals surface area contributed by atoms with Crippen LogP contribution in [0.1, 0.15) is 6.92 Å². The molecule has 0 saturated carbocycles. The molecule has 2 N–H and O–H groups in total. The van der Waals surface area contributed by atoms with Crippen molar-refractivity contribution in [2.75, 3.05) is 33.3 Å². The number of ether oxygens (including phenoxy) is 1. The molecule has 1 aromatic rings. The number of rotatable bonds is 8. The van der Waals surface area contributed by atoms with E-state index in [0.717, 1.165) is 0 Å². The Labute approximate surface area is 134 Å². The Kier molecular flexibility index (Phi) is 7.82. The van der Waals surface area contributed by atoms with Crippen molar-refractivity contribution in [3.63, 3.8) is 0 Å². The lowest BCUT2D eigenvalue weighted by Gasteiger charge is -2.17. The van der Waals surface area contributed by atoms with E-state index in [1.807, 2.05) is 6.92 Å². The van der Waals surface area contributed by atoms with Gasteiger partial charge in [-0.15, -0.1) is 0 Å². The Balaban J connectivity index is 2.28. The zero-order chi connectivity index (χ0) is 15.8. The predicted molar refractivity (Wildman–Crippen MR) is 84.1 cm³/mol. The first-order chi connectivity index (χ1) is 9.93. The average molecular weight is 335 g/mol. The van der Waals surface area contributed by atoms with Crippen molar-refractivity contribution in [2.24, 2.45) is 0 Å². The van der Waals surface area contributed by atoms with E-state index >= 15 is 0 Å². The van der Waals surface area contributed by atoms with Crippen LogP contribution in [0.15, 0.2) is 18.2 Å². The normalized spacial score (nSPS) is 12.0. The minimum absolute atomic E-state index is 0.0219. The summed E-state index contributed by atoms with van der Waals surface area (Å²) in [4.78, 5) is 13.1. The number of hydrogen-bond donors (Lipinski definition) is 2. The summed E-state index contributed by atoms with van der Waals surface area (Å²) in [5.74, 6) is 0.438. The number of amides is 1. The molecule has 1 amide bonds. The third kappa shape index (κ3) is 6.52. The maximum absolute atomic E-state index is 11.5. The minimum Gasteiger partial charge on any atom is -0.489 e. The Morgan fingerprint density at radius 3 is 2.81 bits per heavy atom. The first-order valence-corrected chi connectivity index (χ1v) is 7.40. The van der Waals surface area contributed by atoms with Gasteiger partial charge in [-0.25, -0.2) is 0 Å². The maximum Gasteiger partial charge on any atom is 0.236 e. The zero-order valence-electron chi connectivity index (χ0n) is 12.1. The Bertz CT molecular complexity index is 472. The van der Waals surface area contributed by atoms with E-state index in [1.165, 1.54) is 0 Å². The Morgan fingerprint density at radius 2 is 2.19 bits per heavy atom. The molecule has 0 heterocycles. The zero-order valence-corrected chi connectivity index (χ0v) is 13.6. The number of aliphatic hydroxyl groups excluding tert-OH is 1. The molecule has 1 rings (SSSR count). The van der Waals surface area contributed by atoms with Gasteiger partial charge in [0.2, 0.25) is 5.91 Å². The van der Waals surface area contributed by atoms with E-state index in [4.69, 9.17) is 27.9 Å². The number of benzene rings is 1. The SMILES string of the molecule is CCN(C)C(=O)CNCC(O)COc1ccc(Cl)cc1Cl. The molecule has 1 atom stereocenters. The number of hydrogen-bond acceptors (Lipinski definition) is 4. The highest BCUT2D eigenvalue weighted by Gasteiger charge is 2.10. The molecule has 1 unspecified atom stereocenters. The number of likely N-dealkylation sites (N-methyl/N-ethyl adjacent to an activating group) is 1. The number of carbonyl (C=O) groups is 1. The summed E-state index contributed by atoms with van der Waals surface area (Å²) in [6, 6.07) is 4.87. The van der Waals surface area contributed by atoms with Crippen LogP contribution in [-0.4, -0.2) is 55.3 Å². The molecule has 0 spiro atoms. The molecule has 0 aromatic heterocycles. The molecule has 0 aliphatic heterocycles. The van der Waals surface area contributed by atoms with Crippen LogP contribution in [0, 0.1) is 0 Å². The lowest BCUT2D eigenvalue weighted by atomic mass is 10.3. The van der Waals surface area contributed by atoms with Crippen LogP contribution in [0.25, 0.3) is 0 Å². The van der Waals surface area contributed by atoms with Gasteiger partial charge in [0, 0.05) is 25.2 Å². The van der Waals surface area contributed by atoms with Crippen LogP contribution >= 0.6 is 23.2 Å². The second kappa shape index (κ2) is 9.10. The van der Waals surface area contributed by atoms with Gasteiger partial charge < -0.3 is 20.1 Å². The predicted octanol–water partition coefficient (Wildman–Crippen LogP) is 1.80. The van der Waals surface area contributed by atoms with E-state index in [1.54, 1.807) is 30.1 Å². The summed E-state index contributed by atoms with van der Waals surface area (Å²) >= 11 is 11.7. The molecule has 0 saturated heterocycles. The summed E-state index contributed by atoms with van der Waals surface area (Å²) in [5, 5.41) is 13.6. The van der Waals surface area contributed by atoms with E-state index in [0.29, 0.717) is 22.3 Å². The highest BCUT2D eigenvalue weighted by molar-refractivity contribution is 6.35. The summed E-state index contributed by atoms with van der Waals surface area (Å²) in [6.45, 7) is 3.07. The van der Waals surface area contributed by atoms with Gasteiger partial charge in [-0.05, 0) is 25.1 Å². The molecular formula is C14H20Cl2N2O3. The number of carbonyl (C=O) groups excluding carboxylic acids is 1. The van der Waals surface area contributed by atoms with E-state index in [-0.39, 0.29) is 25.6 Å². The second-order valence-corrected chi connectivity index (χ2v) is 5.42. The minimum atomic E-state index is -0.739. The molecule has 0 aliphatic rings. The van der Waals surface area contributed by atoms with Crippen LogP contribution < -0.4 is 10.1 Å². The van der Waals surface area contributed by atoms with Gasteiger partial charge in [-0.1, -0.05) is 23.2 Å². The first-order valence-electron chi connectivity index (χ1n) is 6.64. The van der Waals surface area contributed by atoms with Crippen LogP contribution in [0.4, 0.5) is 0 Å². The molecule has 0 radical (unpaired) electrons. The Morgan fingerprint density at radius 1 is 1.48 bits per heavy atom. The first kappa shape index (κ1) is 18.0. The van der Waals surface area contributed by atoms with E-state index in [2.05, 4.69) is 5.32 Å². The fourth-order valence-corrected chi connectivity index (χ4v) is 1.96. The molecule has 1 aromatic carbocycles. The summed E-state index contributed by atoms with van der Waals surface area (Å²) in [5.41, 5.74) is 0. The molecule has 0 aliphatic carbocycles. The average Bonchev–Trinajstić information content (AvgIpc) is 2.45. The molecule has 21 heavy (non-hydrogen) atoms. The van der Waals surface area contributed by atoms with Gasteiger partial charge in [-0.3, -0.25) is 4.79 Å². The summed E-state index contributed by atoms with van der Waals surface area (Å²) < 4.78 is 5.40. The molecule has 7 heteroatoms. The third-order valence-corrected chi connectivity index (χ3v) is 3.41. The number of halogens is 2. The van der Waals surface area contributed by atoms with Crippen LogP contribution in [-0.2, 0) is 4.79 Å². The van der Waals surface area contributed by atoms with Gasteiger partial charge in [-0.2, -0.15) is 0 Å². The topological polar surface area (TPSA) is 61.8 Å². The van der Waals surface area contributed by atoms with Crippen molar-refractivity contribution in [2.45, 2.75) is 13.0 Å². The Hall–Kier alpha value is -1.01. The molecule has 5 nitrogen and oxygen atoms in total. The van der Waals surface area contributed by atoms with Gasteiger partial charge in [0.15, 0.2) is 0 Å². The van der Waals surface area contributed by atoms with Gasteiger partial charge in [0.05, 0.1) is 11.6 Å². The smallest absolute Gasteiger partial charge is 0.236 e. The fourth-order valence-electron chi connectivity index (χ4n) is 1.49. The monoisotopic (exact) mass is 334 g/mol. The van der Waals surface area contributed by atoms with Crippen LogP contribution in [0.2, 0.25) is 10.0 Å². The van der Waals surface area contributed by atoms with Crippen molar-refractivity contribution in [3.8, 4) is 5.75 Å². The highest BCUT2D eigenvalue weighted by Crippen LogP contribution is 2.27. The summed E-state index contributed by atoms with van der Waals surface area (Å²) in [7, 11) is 1.73. The number of aliphatic hydroxyl groups is 1. The van der Waals surface area contributed by atoms with Crippen molar-refractivity contribution >= 4 is 29.1 Å². The van der Waals surface area contributed by atoms with Crippen molar-refractivity contribution in [1.82, 2.24) is 10.2 Å². The van der Waals surface area contributed by atoms with Gasteiger partial charge in [0.25, 0.3) is 0 Å². The lowest BCUT2D eigenvalue weighted by molar-refractivity contribution is -0.128. The number of nitrogens with one attached hydrogen (secondary N) is 1. The lowest BCUT2D eigenvalue weighted by Crippen LogP contribution is -2.39. The molecule has 0 bridgehead atoms. The summed E-state index contributed by atoms with van der Waals surface area (Å²) in [6.07, 6.45) is -0.739. The van der Waals surface area contributed by atoms with Gasteiger partial charge in [0.1, 0.15) is 18.5 Å². The molecule has 0 fully saturated rings. The van der Waals surface area contributed by atoms with E-state index in [9.17, 15) is 9.90 Å². The molecule has 118 valence electrons. The van der Waals surface area contributed by atoms with Crippen molar-refractivity contribution in [3.05, 3.63) is 28.2 Å². The largest absolute Gasteiger partial charge is 0.489 e. The fraction of sp³-hybridized carbons (Fsp3) is 0.500. The molecular weight excluding hydrogens is 315 g/mol.